The standard InChI is InChI=1S/C14H30O.C7H5NO5/c1-4-5-6-7-8-9-10-11-12-13-14(2,3)15;9-7(10)13-6-3-1-5(2-4-6)8(11)12/h15H,4-13H2,1-3H3;1-4H,(H,9,10). The van der Waals surface area contributed by atoms with Gasteiger partial charge in [0.05, 0.1) is 10.5 Å². The van der Waals surface area contributed by atoms with Crippen molar-refractivity contribution in [2.75, 3.05) is 0 Å². The van der Waals surface area contributed by atoms with E-state index < -0.39 is 16.7 Å². The number of carboxylic acid groups (broad SMARTS) is 1. The Balaban J connectivity index is 0.000000525. The molecule has 28 heavy (non-hydrogen) atoms. The van der Waals surface area contributed by atoms with Crippen LogP contribution in [0.1, 0.15) is 85.0 Å². The highest BCUT2D eigenvalue weighted by Gasteiger charge is 2.10. The molecule has 0 aromatic heterocycles. The highest BCUT2D eigenvalue weighted by Crippen LogP contribution is 2.17. The van der Waals surface area contributed by atoms with E-state index in [9.17, 15) is 20.0 Å². The van der Waals surface area contributed by atoms with Crippen LogP contribution in [0.25, 0.3) is 0 Å². The quantitative estimate of drug-likeness (QED) is 0.140. The highest BCUT2D eigenvalue weighted by atomic mass is 16.7. The molecule has 160 valence electrons. The molecule has 0 amide bonds. The maximum absolute atomic E-state index is 10.2. The molecule has 0 saturated carbocycles. The van der Waals surface area contributed by atoms with Crippen molar-refractivity contribution in [2.24, 2.45) is 0 Å². The Bertz CT molecular complexity index is 551. The summed E-state index contributed by atoms with van der Waals surface area (Å²) >= 11 is 0. The molecule has 0 aliphatic rings. The van der Waals surface area contributed by atoms with Crippen molar-refractivity contribution >= 4 is 11.8 Å². The van der Waals surface area contributed by atoms with Crippen LogP contribution < -0.4 is 4.74 Å². The van der Waals surface area contributed by atoms with Gasteiger partial charge in [-0.15, -0.1) is 0 Å². The molecule has 0 unspecified atom stereocenters. The third-order valence-electron chi connectivity index (χ3n) is 4.14. The SMILES string of the molecule is CCCCCCCCCCCC(C)(C)O.O=C(O)Oc1ccc([N+](=O)[O-])cc1. The molecule has 0 aliphatic heterocycles. The van der Waals surface area contributed by atoms with Crippen LogP contribution >= 0.6 is 0 Å². The first-order valence-electron chi connectivity index (χ1n) is 10.0. The first-order valence-corrected chi connectivity index (χ1v) is 10.0. The van der Waals surface area contributed by atoms with Crippen LogP contribution in [0.15, 0.2) is 24.3 Å². The highest BCUT2D eigenvalue weighted by molar-refractivity contribution is 5.61. The van der Waals surface area contributed by atoms with Crippen molar-refractivity contribution in [1.29, 1.82) is 0 Å². The predicted molar refractivity (Wildman–Crippen MR) is 110 cm³/mol. The van der Waals surface area contributed by atoms with Gasteiger partial charge in [-0.3, -0.25) is 10.1 Å². The van der Waals surface area contributed by atoms with Gasteiger partial charge in [0.2, 0.25) is 0 Å². The minimum absolute atomic E-state index is 0.0538. The van der Waals surface area contributed by atoms with Crippen molar-refractivity contribution in [2.45, 2.75) is 90.6 Å². The van der Waals surface area contributed by atoms with Crippen LogP contribution in [-0.4, -0.2) is 26.9 Å². The van der Waals surface area contributed by atoms with E-state index in [1.54, 1.807) is 0 Å². The first kappa shape index (κ1) is 25.9. The third kappa shape index (κ3) is 16.1. The van der Waals surface area contributed by atoms with E-state index in [-0.39, 0.29) is 11.4 Å². The fourth-order valence-electron chi connectivity index (χ4n) is 2.60. The molecule has 1 rings (SSSR count). The summed E-state index contributed by atoms with van der Waals surface area (Å²) in [5, 5.41) is 27.9. The van der Waals surface area contributed by atoms with Crippen molar-refractivity contribution in [3.05, 3.63) is 34.4 Å². The summed E-state index contributed by atoms with van der Waals surface area (Å²) in [6.07, 6.45) is 11.7. The summed E-state index contributed by atoms with van der Waals surface area (Å²) in [4.78, 5) is 19.6. The second-order valence-corrected chi connectivity index (χ2v) is 7.51. The Morgan fingerprint density at radius 1 is 1.00 bits per heavy atom. The summed E-state index contributed by atoms with van der Waals surface area (Å²) < 4.78 is 4.24. The number of hydrogen-bond acceptors (Lipinski definition) is 5. The molecule has 0 saturated heterocycles. The minimum atomic E-state index is -1.45. The second kappa shape index (κ2) is 14.9. The molecule has 0 heterocycles. The first-order chi connectivity index (χ1) is 13.2. The lowest BCUT2D eigenvalue weighted by molar-refractivity contribution is -0.384. The van der Waals surface area contributed by atoms with E-state index in [2.05, 4.69) is 11.7 Å². The Morgan fingerprint density at radius 2 is 1.46 bits per heavy atom. The van der Waals surface area contributed by atoms with E-state index in [4.69, 9.17) is 5.11 Å². The summed E-state index contributed by atoms with van der Waals surface area (Å²) in [5.41, 5.74) is -0.570. The smallest absolute Gasteiger partial charge is 0.449 e. The number of carbonyl (C=O) groups is 1. The molecule has 2 N–H and O–H groups in total. The summed E-state index contributed by atoms with van der Waals surface area (Å²) in [5.74, 6) is 0.0538. The average molecular weight is 398 g/mol. The van der Waals surface area contributed by atoms with E-state index >= 15 is 0 Å². The fraction of sp³-hybridized carbons (Fsp3) is 0.667. The summed E-state index contributed by atoms with van der Waals surface area (Å²) in [6, 6.07) is 4.76. The van der Waals surface area contributed by atoms with E-state index in [0.29, 0.717) is 0 Å². The van der Waals surface area contributed by atoms with Gasteiger partial charge >= 0.3 is 6.16 Å². The number of nitro groups is 1. The van der Waals surface area contributed by atoms with Crippen LogP contribution in [0, 0.1) is 10.1 Å². The van der Waals surface area contributed by atoms with Gasteiger partial charge in [0.1, 0.15) is 5.75 Å². The van der Waals surface area contributed by atoms with Gasteiger partial charge in [0.15, 0.2) is 0 Å². The topological polar surface area (TPSA) is 110 Å². The minimum Gasteiger partial charge on any atom is -0.449 e. The van der Waals surface area contributed by atoms with Gasteiger partial charge in [0, 0.05) is 12.1 Å². The lowest BCUT2D eigenvalue weighted by atomic mass is 9.99. The van der Waals surface area contributed by atoms with Crippen molar-refractivity contribution < 1.29 is 24.7 Å². The normalized spacial score (nSPS) is 10.7. The molecule has 0 aliphatic carbocycles. The second-order valence-electron chi connectivity index (χ2n) is 7.51. The van der Waals surface area contributed by atoms with Crippen molar-refractivity contribution in [1.82, 2.24) is 0 Å². The summed E-state index contributed by atoms with van der Waals surface area (Å²) in [7, 11) is 0. The molecule has 7 nitrogen and oxygen atoms in total. The van der Waals surface area contributed by atoms with Gasteiger partial charge in [-0.25, -0.2) is 4.79 Å². The zero-order valence-corrected chi connectivity index (χ0v) is 17.4. The maximum atomic E-state index is 10.2. The molecule has 0 bridgehead atoms. The predicted octanol–water partition coefficient (Wildman–Crippen LogP) is 6.33. The fourth-order valence-corrected chi connectivity index (χ4v) is 2.60. The molecule has 1 aromatic carbocycles. The lowest BCUT2D eigenvalue weighted by Gasteiger charge is -2.16. The zero-order valence-electron chi connectivity index (χ0n) is 17.4. The number of aliphatic hydroxyl groups is 1. The van der Waals surface area contributed by atoms with Crippen molar-refractivity contribution in [3.8, 4) is 5.75 Å². The zero-order chi connectivity index (χ0) is 21.4. The van der Waals surface area contributed by atoms with Crippen LogP contribution in [0.3, 0.4) is 0 Å². The van der Waals surface area contributed by atoms with Crippen molar-refractivity contribution in [3.63, 3.8) is 0 Å². The van der Waals surface area contributed by atoms with E-state index in [0.717, 1.165) is 18.6 Å². The lowest BCUT2D eigenvalue weighted by Crippen LogP contribution is -2.17. The molecule has 0 atom stereocenters. The molecular weight excluding hydrogens is 362 g/mol. The third-order valence-corrected chi connectivity index (χ3v) is 4.14. The van der Waals surface area contributed by atoms with Gasteiger partial charge in [-0.05, 0) is 32.4 Å². The number of non-ortho nitro benzene ring substituents is 1. The van der Waals surface area contributed by atoms with Crippen LogP contribution in [0.2, 0.25) is 0 Å². The van der Waals surface area contributed by atoms with Gasteiger partial charge in [0.25, 0.3) is 5.69 Å². The molecule has 0 radical (unpaired) electrons. The van der Waals surface area contributed by atoms with Gasteiger partial charge < -0.3 is 14.9 Å². The Labute approximate surface area is 167 Å². The molecular formula is C21H35NO6. The van der Waals surface area contributed by atoms with Gasteiger partial charge in [-0.2, -0.15) is 0 Å². The molecule has 0 fully saturated rings. The van der Waals surface area contributed by atoms with Crippen LogP contribution in [0.5, 0.6) is 5.75 Å². The average Bonchev–Trinajstić information content (AvgIpc) is 2.60. The number of rotatable bonds is 12. The maximum Gasteiger partial charge on any atom is 0.511 e. The van der Waals surface area contributed by atoms with E-state index in [1.807, 2.05) is 13.8 Å². The largest absolute Gasteiger partial charge is 0.511 e. The number of nitrogens with zero attached hydrogens (tertiary/aromatic N) is 1. The van der Waals surface area contributed by atoms with E-state index in [1.165, 1.54) is 69.9 Å². The monoisotopic (exact) mass is 397 g/mol. The Hall–Kier alpha value is -2.15. The Kier molecular flexibility index (Phi) is 13.7. The molecule has 7 heteroatoms. The van der Waals surface area contributed by atoms with Gasteiger partial charge in [-0.1, -0.05) is 64.7 Å². The van der Waals surface area contributed by atoms with Crippen LogP contribution in [0.4, 0.5) is 10.5 Å². The number of benzene rings is 1. The number of ether oxygens (including phenoxy) is 1. The molecule has 0 spiro atoms. The number of nitro benzene ring substituents is 1. The molecule has 1 aromatic rings. The van der Waals surface area contributed by atoms with Crippen LogP contribution in [-0.2, 0) is 0 Å². The number of unbranched alkanes of at least 4 members (excludes halogenated alkanes) is 8. The number of hydrogen-bond donors (Lipinski definition) is 2. The summed E-state index contributed by atoms with van der Waals surface area (Å²) in [6.45, 7) is 6.06. The Morgan fingerprint density at radius 3 is 1.86 bits per heavy atom.